The van der Waals surface area contributed by atoms with E-state index in [4.69, 9.17) is 23.7 Å². The quantitative estimate of drug-likeness (QED) is 0.177. The molecule has 2 rings (SSSR count). The molecule has 0 unspecified atom stereocenters. The Balaban J connectivity index is 1.55. The summed E-state index contributed by atoms with van der Waals surface area (Å²) in [5.41, 5.74) is 5.69. The van der Waals surface area contributed by atoms with Crippen LogP contribution < -0.4 is 4.74 Å². The molecule has 1 N–H and O–H groups in total. The van der Waals surface area contributed by atoms with Crippen LogP contribution in [-0.2, 0) is 52.2 Å². The van der Waals surface area contributed by atoms with Crippen molar-refractivity contribution in [1.29, 1.82) is 0 Å². The van der Waals surface area contributed by atoms with Crippen LogP contribution in [0.1, 0.15) is 87.8 Å². The van der Waals surface area contributed by atoms with Crippen molar-refractivity contribution >= 4 is 11.9 Å². The summed E-state index contributed by atoms with van der Waals surface area (Å²) in [6.07, 6.45) is 1.69. The zero-order valence-corrected chi connectivity index (χ0v) is 27.7. The molecule has 2 aromatic rings. The molecule has 2 aromatic carbocycles. The third kappa shape index (κ3) is 12.2. The number of hydrogen-bond donors (Lipinski definition) is 1. The molecule has 0 saturated heterocycles. The largest absolute Gasteiger partial charge is 0.507 e. The number of aryl methyl sites for hydroxylation is 4. The SMILES string of the molecule is COc1c(C)cc(CCC(=O)OCCOCCOCCOC(=O)CCc2cc(C)c(O)c(C(C)(C)C)c2)cc1C(C)(C)C. The van der Waals surface area contributed by atoms with Crippen LogP contribution in [0.25, 0.3) is 0 Å². The highest BCUT2D eigenvalue weighted by Gasteiger charge is 2.22. The van der Waals surface area contributed by atoms with Crippen LogP contribution in [0, 0.1) is 13.8 Å². The van der Waals surface area contributed by atoms with Gasteiger partial charge in [0.05, 0.1) is 33.5 Å². The molecule has 0 aliphatic heterocycles. The molecule has 0 saturated carbocycles. The van der Waals surface area contributed by atoms with E-state index in [-0.39, 0.29) is 55.6 Å². The van der Waals surface area contributed by atoms with Crippen LogP contribution in [0.4, 0.5) is 0 Å². The maximum atomic E-state index is 12.2. The number of rotatable bonds is 16. The highest BCUT2D eigenvalue weighted by Crippen LogP contribution is 2.36. The lowest BCUT2D eigenvalue weighted by Crippen LogP contribution is -2.16. The minimum atomic E-state index is -0.290. The van der Waals surface area contributed by atoms with E-state index in [0.717, 1.165) is 39.1 Å². The molecule has 0 heterocycles. The molecule has 0 aliphatic rings. The Bertz CT molecular complexity index is 1200. The van der Waals surface area contributed by atoms with Crippen LogP contribution in [-0.4, -0.2) is 63.8 Å². The molecule has 0 amide bonds. The lowest BCUT2D eigenvalue weighted by Gasteiger charge is -2.24. The fourth-order valence-electron chi connectivity index (χ4n) is 4.78. The fourth-order valence-corrected chi connectivity index (χ4v) is 4.78. The van der Waals surface area contributed by atoms with Gasteiger partial charge in [-0.3, -0.25) is 9.59 Å². The van der Waals surface area contributed by atoms with Gasteiger partial charge in [0.15, 0.2) is 0 Å². The number of methoxy groups -OCH3 is 1. The Morgan fingerprint density at radius 1 is 0.651 bits per heavy atom. The van der Waals surface area contributed by atoms with Crippen molar-refractivity contribution < 1.29 is 38.4 Å². The van der Waals surface area contributed by atoms with Crippen LogP contribution in [0.3, 0.4) is 0 Å². The lowest BCUT2D eigenvalue weighted by atomic mass is 9.83. The van der Waals surface area contributed by atoms with E-state index in [1.807, 2.05) is 46.8 Å². The summed E-state index contributed by atoms with van der Waals surface area (Å²) in [5, 5.41) is 10.4. The van der Waals surface area contributed by atoms with Gasteiger partial charge >= 0.3 is 11.9 Å². The Labute approximate surface area is 258 Å². The third-order valence-electron chi connectivity index (χ3n) is 7.10. The first-order valence-corrected chi connectivity index (χ1v) is 15.1. The number of esters is 2. The van der Waals surface area contributed by atoms with Gasteiger partial charge in [-0.1, -0.05) is 65.8 Å². The number of aromatic hydroxyl groups is 1. The second-order valence-corrected chi connectivity index (χ2v) is 13.0. The van der Waals surface area contributed by atoms with Crippen LogP contribution in [0.15, 0.2) is 24.3 Å². The van der Waals surface area contributed by atoms with E-state index in [1.165, 1.54) is 0 Å². The summed E-state index contributed by atoms with van der Waals surface area (Å²) in [4.78, 5) is 24.3. The van der Waals surface area contributed by atoms with Gasteiger partial charge in [-0.05, 0) is 65.3 Å². The van der Waals surface area contributed by atoms with Crippen LogP contribution in [0.2, 0.25) is 0 Å². The summed E-state index contributed by atoms with van der Waals surface area (Å²) in [7, 11) is 1.69. The molecule has 0 spiro atoms. The summed E-state index contributed by atoms with van der Waals surface area (Å²) in [5.74, 6) is 0.656. The summed E-state index contributed by atoms with van der Waals surface area (Å²) < 4.78 is 27.1. The highest BCUT2D eigenvalue weighted by molar-refractivity contribution is 5.70. The van der Waals surface area contributed by atoms with Crippen molar-refractivity contribution in [3.63, 3.8) is 0 Å². The van der Waals surface area contributed by atoms with Gasteiger partial charge in [-0.15, -0.1) is 0 Å². The molecule has 0 fully saturated rings. The molecule has 8 heteroatoms. The third-order valence-corrected chi connectivity index (χ3v) is 7.10. The maximum absolute atomic E-state index is 12.2. The van der Waals surface area contributed by atoms with E-state index in [0.29, 0.717) is 38.2 Å². The molecular formula is C35H52O8. The van der Waals surface area contributed by atoms with E-state index in [1.54, 1.807) is 7.11 Å². The van der Waals surface area contributed by atoms with Crippen molar-refractivity contribution in [3.8, 4) is 11.5 Å². The second kappa shape index (κ2) is 16.7. The smallest absolute Gasteiger partial charge is 0.306 e. The molecule has 0 radical (unpaired) electrons. The van der Waals surface area contributed by atoms with Crippen molar-refractivity contribution in [3.05, 3.63) is 57.6 Å². The predicted octanol–water partition coefficient (Wildman–Crippen LogP) is 6.30. The number of benzene rings is 2. The van der Waals surface area contributed by atoms with Crippen molar-refractivity contribution in [2.75, 3.05) is 46.8 Å². The van der Waals surface area contributed by atoms with Crippen molar-refractivity contribution in [2.45, 2.75) is 91.9 Å². The van der Waals surface area contributed by atoms with Crippen molar-refractivity contribution in [1.82, 2.24) is 0 Å². The minimum Gasteiger partial charge on any atom is -0.507 e. The maximum Gasteiger partial charge on any atom is 0.306 e. The molecule has 0 bridgehead atoms. The van der Waals surface area contributed by atoms with Crippen LogP contribution in [0.5, 0.6) is 11.5 Å². The standard InChI is InChI=1S/C35H52O8/c1-24-20-26(22-28(32(24)38)34(3,4)5)10-12-30(36)42-18-16-40-14-15-41-17-19-43-31(37)13-11-27-21-25(2)33(39-9)29(23-27)35(6,7)8/h20-23,38H,10-19H2,1-9H3. The Morgan fingerprint density at radius 2 is 1.07 bits per heavy atom. The van der Waals surface area contributed by atoms with E-state index in [2.05, 4.69) is 32.9 Å². The zero-order chi connectivity index (χ0) is 32.2. The first kappa shape index (κ1) is 36.1. The minimum absolute atomic E-state index is 0.0656. The van der Waals surface area contributed by atoms with Crippen molar-refractivity contribution in [2.24, 2.45) is 0 Å². The van der Waals surface area contributed by atoms with E-state index >= 15 is 0 Å². The number of hydrogen-bond acceptors (Lipinski definition) is 8. The predicted molar refractivity (Wildman–Crippen MR) is 168 cm³/mol. The topological polar surface area (TPSA) is 101 Å². The molecule has 240 valence electrons. The van der Waals surface area contributed by atoms with Crippen LogP contribution >= 0.6 is 0 Å². The molecule has 0 aromatic heterocycles. The Morgan fingerprint density at radius 3 is 1.51 bits per heavy atom. The lowest BCUT2D eigenvalue weighted by molar-refractivity contribution is -0.146. The van der Waals surface area contributed by atoms with E-state index in [9.17, 15) is 14.7 Å². The normalized spacial score (nSPS) is 11.8. The second-order valence-electron chi connectivity index (χ2n) is 13.0. The number of phenols is 1. The Hall–Kier alpha value is -3.10. The van der Waals surface area contributed by atoms with Gasteiger partial charge in [-0.25, -0.2) is 0 Å². The number of phenolic OH excluding ortho intramolecular Hbond substituents is 1. The number of ether oxygens (including phenoxy) is 5. The molecule has 8 nitrogen and oxygen atoms in total. The summed E-state index contributed by atoms with van der Waals surface area (Å²) >= 11 is 0. The average Bonchev–Trinajstić information content (AvgIpc) is 2.91. The van der Waals surface area contributed by atoms with Gasteiger partial charge in [0, 0.05) is 18.4 Å². The van der Waals surface area contributed by atoms with Gasteiger partial charge in [0.2, 0.25) is 0 Å². The highest BCUT2D eigenvalue weighted by atomic mass is 16.6. The Kier molecular flexibility index (Phi) is 14.0. The van der Waals surface area contributed by atoms with Gasteiger partial charge in [0.25, 0.3) is 0 Å². The number of carbonyl (C=O) groups is 2. The molecule has 0 aliphatic carbocycles. The summed E-state index contributed by atoms with van der Waals surface area (Å²) in [6, 6.07) is 8.05. The molecule has 43 heavy (non-hydrogen) atoms. The number of carbonyl (C=O) groups excluding carboxylic acids is 2. The monoisotopic (exact) mass is 600 g/mol. The average molecular weight is 601 g/mol. The summed E-state index contributed by atoms with van der Waals surface area (Å²) in [6.45, 7) is 18.1. The molecule has 0 atom stereocenters. The first-order chi connectivity index (χ1) is 20.1. The fraction of sp³-hybridized carbons (Fsp3) is 0.600. The zero-order valence-electron chi connectivity index (χ0n) is 27.7. The first-order valence-electron chi connectivity index (χ1n) is 15.1. The van der Waals surface area contributed by atoms with Gasteiger partial charge < -0.3 is 28.8 Å². The van der Waals surface area contributed by atoms with Gasteiger partial charge in [-0.2, -0.15) is 0 Å². The van der Waals surface area contributed by atoms with E-state index < -0.39 is 0 Å². The molecular weight excluding hydrogens is 548 g/mol. The van der Waals surface area contributed by atoms with Gasteiger partial charge in [0.1, 0.15) is 24.7 Å².